The van der Waals surface area contributed by atoms with Crippen LogP contribution in [-0.4, -0.2) is 30.6 Å². The van der Waals surface area contributed by atoms with E-state index in [1.807, 2.05) is 20.0 Å². The molecule has 1 atom stereocenters. The summed E-state index contributed by atoms with van der Waals surface area (Å²) in [6.07, 6.45) is -3.06. The summed E-state index contributed by atoms with van der Waals surface area (Å²) in [5.41, 5.74) is 0.420. The van der Waals surface area contributed by atoms with Crippen molar-refractivity contribution in [2.75, 3.05) is 5.32 Å². The molecule has 4 rings (SSSR count). The maximum Gasteiger partial charge on any atom is 0.433 e. The summed E-state index contributed by atoms with van der Waals surface area (Å²) in [6, 6.07) is 6.68. The highest BCUT2D eigenvalue weighted by molar-refractivity contribution is 7.99. The molecule has 32 heavy (non-hydrogen) atoms. The Bertz CT molecular complexity index is 1300. The number of thioether (sulfide) groups is 1. The SMILES string of the molecule is Cc1nc2cc(C(C)Sc3nncn3C)cc(NC(=O)c3cccc(C(F)(F)F)n3)c2o1. The van der Waals surface area contributed by atoms with E-state index in [4.69, 9.17) is 4.42 Å². The molecule has 0 saturated carbocycles. The van der Waals surface area contributed by atoms with Gasteiger partial charge in [-0.1, -0.05) is 17.8 Å². The fraction of sp³-hybridized carbons (Fsp3) is 0.250. The van der Waals surface area contributed by atoms with Gasteiger partial charge in [-0.25, -0.2) is 9.97 Å². The van der Waals surface area contributed by atoms with Gasteiger partial charge in [-0.2, -0.15) is 13.2 Å². The first-order valence-corrected chi connectivity index (χ1v) is 10.3. The number of aryl methyl sites for hydroxylation is 2. The van der Waals surface area contributed by atoms with E-state index in [-0.39, 0.29) is 16.6 Å². The monoisotopic (exact) mass is 462 g/mol. The first-order chi connectivity index (χ1) is 15.1. The van der Waals surface area contributed by atoms with Crippen molar-refractivity contribution in [3.63, 3.8) is 0 Å². The molecule has 166 valence electrons. The molecule has 0 radical (unpaired) electrons. The van der Waals surface area contributed by atoms with Crippen molar-refractivity contribution >= 4 is 34.5 Å². The van der Waals surface area contributed by atoms with E-state index in [0.29, 0.717) is 22.1 Å². The van der Waals surface area contributed by atoms with Gasteiger partial charge in [0.15, 0.2) is 16.6 Å². The topological polar surface area (TPSA) is 98.7 Å². The van der Waals surface area contributed by atoms with Gasteiger partial charge in [0.1, 0.15) is 23.2 Å². The zero-order chi connectivity index (χ0) is 23.0. The Kier molecular flexibility index (Phi) is 5.63. The number of carbonyl (C=O) groups excluding carboxylic acids is 1. The molecule has 8 nitrogen and oxygen atoms in total. The molecule has 12 heteroatoms. The molecule has 3 heterocycles. The number of carbonyl (C=O) groups is 1. The first kappa shape index (κ1) is 21.8. The minimum atomic E-state index is -4.65. The summed E-state index contributed by atoms with van der Waals surface area (Å²) in [5.74, 6) is -0.407. The fourth-order valence-corrected chi connectivity index (χ4v) is 3.90. The van der Waals surface area contributed by atoms with Gasteiger partial charge < -0.3 is 14.3 Å². The van der Waals surface area contributed by atoms with Crippen LogP contribution in [-0.2, 0) is 13.2 Å². The molecule has 4 aromatic rings. The molecule has 0 spiro atoms. The smallest absolute Gasteiger partial charge is 0.433 e. The summed E-state index contributed by atoms with van der Waals surface area (Å²) in [4.78, 5) is 20.5. The number of alkyl halides is 3. The quantitative estimate of drug-likeness (QED) is 0.426. The first-order valence-electron chi connectivity index (χ1n) is 9.39. The number of oxazole rings is 1. The van der Waals surface area contributed by atoms with Crippen molar-refractivity contribution in [2.24, 2.45) is 7.05 Å². The normalized spacial score (nSPS) is 12.8. The summed E-state index contributed by atoms with van der Waals surface area (Å²) in [6.45, 7) is 3.62. The molecule has 0 aliphatic heterocycles. The molecule has 0 saturated heterocycles. The van der Waals surface area contributed by atoms with Gasteiger partial charge in [0.05, 0.1) is 5.69 Å². The lowest BCUT2D eigenvalue weighted by Crippen LogP contribution is -2.17. The number of aromatic nitrogens is 5. The maximum atomic E-state index is 13.0. The third-order valence-corrected chi connectivity index (χ3v) is 5.77. The van der Waals surface area contributed by atoms with E-state index in [0.717, 1.165) is 17.7 Å². The maximum absolute atomic E-state index is 13.0. The third kappa shape index (κ3) is 4.44. The number of pyridine rings is 1. The predicted octanol–water partition coefficient (Wildman–Crippen LogP) is 4.78. The lowest BCUT2D eigenvalue weighted by atomic mass is 10.1. The van der Waals surface area contributed by atoms with Crippen molar-refractivity contribution in [1.82, 2.24) is 24.7 Å². The van der Waals surface area contributed by atoms with Crippen LogP contribution >= 0.6 is 11.8 Å². The number of nitrogens with one attached hydrogen (secondary N) is 1. The Hall–Kier alpha value is -3.41. The molecular formula is C20H17F3N6O2S. The van der Waals surface area contributed by atoms with Crippen LogP contribution in [0.2, 0.25) is 0 Å². The number of nitrogens with zero attached hydrogens (tertiary/aromatic N) is 5. The van der Waals surface area contributed by atoms with E-state index in [9.17, 15) is 18.0 Å². The second kappa shape index (κ2) is 8.26. The Morgan fingerprint density at radius 3 is 2.72 bits per heavy atom. The number of halogens is 3. The van der Waals surface area contributed by atoms with Gasteiger partial charge in [0.25, 0.3) is 5.91 Å². The average molecular weight is 462 g/mol. The van der Waals surface area contributed by atoms with Crippen molar-refractivity contribution in [2.45, 2.75) is 30.4 Å². The third-order valence-electron chi connectivity index (χ3n) is 4.56. The van der Waals surface area contributed by atoms with Gasteiger partial charge in [-0.3, -0.25) is 4.79 Å². The highest BCUT2D eigenvalue weighted by Gasteiger charge is 2.33. The lowest BCUT2D eigenvalue weighted by molar-refractivity contribution is -0.141. The second-order valence-corrected chi connectivity index (χ2v) is 8.30. The number of benzene rings is 1. The van der Waals surface area contributed by atoms with Gasteiger partial charge in [-0.05, 0) is 36.8 Å². The molecule has 3 aromatic heterocycles. The Labute approximate surface area is 184 Å². The second-order valence-electron chi connectivity index (χ2n) is 6.99. The Morgan fingerprint density at radius 2 is 2.03 bits per heavy atom. The summed E-state index contributed by atoms with van der Waals surface area (Å²) in [5, 5.41) is 11.1. The van der Waals surface area contributed by atoms with Crippen LogP contribution in [0.5, 0.6) is 0 Å². The molecule has 1 unspecified atom stereocenters. The molecule has 0 aliphatic rings. The van der Waals surface area contributed by atoms with Crippen LogP contribution in [0, 0.1) is 6.92 Å². The van der Waals surface area contributed by atoms with Gasteiger partial charge >= 0.3 is 6.18 Å². The van der Waals surface area contributed by atoms with Crippen LogP contribution in [0.25, 0.3) is 11.1 Å². The molecule has 0 aliphatic carbocycles. The molecule has 0 fully saturated rings. The van der Waals surface area contributed by atoms with Gasteiger partial charge in [0.2, 0.25) is 0 Å². The Morgan fingerprint density at radius 1 is 1.25 bits per heavy atom. The van der Waals surface area contributed by atoms with Crippen LogP contribution < -0.4 is 5.32 Å². The van der Waals surface area contributed by atoms with Crippen molar-refractivity contribution < 1.29 is 22.4 Å². The zero-order valence-electron chi connectivity index (χ0n) is 17.1. The number of fused-ring (bicyclic) bond motifs is 1. The molecule has 1 amide bonds. The zero-order valence-corrected chi connectivity index (χ0v) is 18.0. The molecular weight excluding hydrogens is 445 g/mol. The number of anilines is 1. The number of amides is 1. The van der Waals surface area contributed by atoms with Crippen molar-refractivity contribution in [3.8, 4) is 0 Å². The van der Waals surface area contributed by atoms with E-state index in [1.54, 1.807) is 23.9 Å². The number of rotatable bonds is 5. The number of hydrogen-bond acceptors (Lipinski definition) is 7. The molecule has 0 bridgehead atoms. The highest BCUT2D eigenvalue weighted by atomic mass is 32.2. The standard InChI is InChI=1S/C20H17F3N6O2S/c1-10(32-19-28-24-9-29(19)3)12-7-14-17(31-11(2)25-14)15(8-12)27-18(30)13-5-4-6-16(26-13)20(21,22)23/h4-10H,1-3H3,(H,27,30). The average Bonchev–Trinajstić information content (AvgIpc) is 3.31. The summed E-state index contributed by atoms with van der Waals surface area (Å²) < 4.78 is 46.3. The minimum absolute atomic E-state index is 0.0957. The van der Waals surface area contributed by atoms with E-state index < -0.39 is 17.8 Å². The van der Waals surface area contributed by atoms with Crippen LogP contribution in [0.4, 0.5) is 18.9 Å². The fourth-order valence-electron chi connectivity index (χ4n) is 3.00. The van der Waals surface area contributed by atoms with Crippen molar-refractivity contribution in [1.29, 1.82) is 0 Å². The van der Waals surface area contributed by atoms with E-state index in [2.05, 4.69) is 25.5 Å². The van der Waals surface area contributed by atoms with Crippen LogP contribution in [0.1, 0.15) is 39.8 Å². The highest BCUT2D eigenvalue weighted by Crippen LogP contribution is 2.37. The number of hydrogen-bond donors (Lipinski definition) is 1. The summed E-state index contributed by atoms with van der Waals surface area (Å²) in [7, 11) is 1.83. The van der Waals surface area contributed by atoms with Crippen LogP contribution in [0.3, 0.4) is 0 Å². The Balaban J connectivity index is 1.67. The molecule has 1 aromatic carbocycles. The minimum Gasteiger partial charge on any atom is -0.439 e. The predicted molar refractivity (Wildman–Crippen MR) is 111 cm³/mol. The molecule has 1 N–H and O–H groups in total. The van der Waals surface area contributed by atoms with Gasteiger partial charge in [-0.15, -0.1) is 10.2 Å². The van der Waals surface area contributed by atoms with Gasteiger partial charge in [0, 0.05) is 19.2 Å². The van der Waals surface area contributed by atoms with Crippen LogP contribution in [0.15, 0.2) is 46.2 Å². The van der Waals surface area contributed by atoms with Crippen molar-refractivity contribution in [3.05, 3.63) is 59.5 Å². The van der Waals surface area contributed by atoms with E-state index >= 15 is 0 Å². The largest absolute Gasteiger partial charge is 0.439 e. The summed E-state index contributed by atoms with van der Waals surface area (Å²) >= 11 is 1.45. The van der Waals surface area contributed by atoms with E-state index in [1.165, 1.54) is 17.8 Å². The lowest BCUT2D eigenvalue weighted by Gasteiger charge is -2.13.